The van der Waals surface area contributed by atoms with Crippen LogP contribution >= 0.6 is 87.4 Å². The lowest BCUT2D eigenvalue weighted by atomic mass is 10.2. The number of benzene rings is 1. The SMILES string of the molecule is CCn1nc(-c2ccc(Cl)c(F)c2)nc1CC(=O)NCc1cc(C(S)(S)S)nc(C(S)(S)S)c1. The first kappa shape index (κ1) is 27.9. The molecule has 6 nitrogen and oxygen atoms in total. The number of aryl methyl sites for hydroxylation is 1. The van der Waals surface area contributed by atoms with E-state index in [9.17, 15) is 9.18 Å². The van der Waals surface area contributed by atoms with Gasteiger partial charge in [0, 0.05) is 18.7 Å². The first-order valence-corrected chi connectivity index (χ1v) is 12.9. The van der Waals surface area contributed by atoms with Crippen molar-refractivity contribution in [3.8, 4) is 11.4 Å². The highest BCUT2D eigenvalue weighted by molar-refractivity contribution is 8.16. The minimum atomic E-state index is -1.12. The Kier molecular flexibility index (Phi) is 9.13. The lowest BCUT2D eigenvalue weighted by Gasteiger charge is -2.22. The molecule has 0 unspecified atom stereocenters. The molecule has 2 heterocycles. The number of nitrogens with one attached hydrogen (secondary N) is 1. The first-order valence-electron chi connectivity index (χ1n) is 9.80. The molecule has 1 N–H and O–H groups in total. The summed E-state index contributed by atoms with van der Waals surface area (Å²) in [5.41, 5.74) is 2.06. The molecule has 1 amide bonds. The number of carbonyl (C=O) groups excluding carboxylic acids is 1. The van der Waals surface area contributed by atoms with Crippen LogP contribution in [-0.4, -0.2) is 25.7 Å². The number of rotatable bonds is 8. The van der Waals surface area contributed by atoms with E-state index in [1.165, 1.54) is 12.1 Å². The van der Waals surface area contributed by atoms with E-state index in [4.69, 9.17) is 11.6 Å². The molecule has 0 radical (unpaired) electrons. The van der Waals surface area contributed by atoms with Crippen molar-refractivity contribution in [2.24, 2.45) is 0 Å². The fraction of sp³-hybridized carbons (Fsp3) is 0.300. The number of amides is 1. The van der Waals surface area contributed by atoms with Crippen LogP contribution in [-0.2, 0) is 31.1 Å². The Morgan fingerprint density at radius 1 is 1.06 bits per heavy atom. The van der Waals surface area contributed by atoms with Gasteiger partial charge >= 0.3 is 0 Å². The third kappa shape index (κ3) is 7.17. The van der Waals surface area contributed by atoms with Crippen LogP contribution in [0.2, 0.25) is 5.02 Å². The molecular weight excluding hydrogens is 573 g/mol. The lowest BCUT2D eigenvalue weighted by Crippen LogP contribution is -2.26. The van der Waals surface area contributed by atoms with Gasteiger partial charge in [0.2, 0.25) is 5.91 Å². The van der Waals surface area contributed by atoms with E-state index in [1.807, 2.05) is 6.92 Å². The molecule has 0 aliphatic rings. The molecule has 0 spiro atoms. The Morgan fingerprint density at radius 2 is 1.68 bits per heavy atom. The summed E-state index contributed by atoms with van der Waals surface area (Å²) in [4.78, 5) is 21.5. The molecule has 34 heavy (non-hydrogen) atoms. The average molecular weight is 594 g/mol. The smallest absolute Gasteiger partial charge is 0.227 e. The number of halogens is 2. The van der Waals surface area contributed by atoms with Crippen molar-refractivity contribution in [1.29, 1.82) is 0 Å². The van der Waals surface area contributed by atoms with Gasteiger partial charge in [0.25, 0.3) is 0 Å². The second-order valence-electron chi connectivity index (χ2n) is 7.27. The molecule has 182 valence electrons. The zero-order valence-electron chi connectivity index (χ0n) is 17.6. The molecule has 0 aliphatic heterocycles. The third-order valence-electron chi connectivity index (χ3n) is 4.61. The maximum Gasteiger partial charge on any atom is 0.227 e. The van der Waals surface area contributed by atoms with Gasteiger partial charge in [-0.2, -0.15) is 5.10 Å². The Bertz CT molecular complexity index is 1180. The topological polar surface area (TPSA) is 72.7 Å². The second kappa shape index (κ2) is 11.1. The van der Waals surface area contributed by atoms with E-state index in [2.05, 4.69) is 96.2 Å². The van der Waals surface area contributed by atoms with E-state index in [0.717, 1.165) is 0 Å². The van der Waals surface area contributed by atoms with E-state index in [0.29, 0.717) is 40.7 Å². The van der Waals surface area contributed by atoms with Crippen LogP contribution < -0.4 is 5.32 Å². The minimum Gasteiger partial charge on any atom is -0.352 e. The zero-order valence-corrected chi connectivity index (χ0v) is 23.8. The van der Waals surface area contributed by atoms with Gasteiger partial charge in [-0.15, -0.1) is 75.8 Å². The molecule has 0 fully saturated rings. The number of nitrogens with zero attached hydrogens (tertiary/aromatic N) is 4. The minimum absolute atomic E-state index is 0.0117. The highest BCUT2D eigenvalue weighted by Crippen LogP contribution is 2.40. The van der Waals surface area contributed by atoms with Gasteiger partial charge in [-0.05, 0) is 42.8 Å². The van der Waals surface area contributed by atoms with Crippen molar-refractivity contribution in [3.05, 3.63) is 63.9 Å². The highest BCUT2D eigenvalue weighted by Gasteiger charge is 2.26. The number of pyridine rings is 1. The van der Waals surface area contributed by atoms with Crippen LogP contribution in [0.15, 0.2) is 30.3 Å². The van der Waals surface area contributed by atoms with Crippen molar-refractivity contribution >= 4 is 93.3 Å². The molecule has 0 atom stereocenters. The van der Waals surface area contributed by atoms with Crippen LogP contribution in [0.4, 0.5) is 4.39 Å². The molecule has 0 saturated heterocycles. The Hall–Kier alpha value is -0.700. The van der Waals surface area contributed by atoms with Crippen molar-refractivity contribution in [3.63, 3.8) is 0 Å². The van der Waals surface area contributed by atoms with Crippen molar-refractivity contribution in [2.45, 2.75) is 33.3 Å². The molecule has 3 rings (SSSR count). The van der Waals surface area contributed by atoms with Gasteiger partial charge < -0.3 is 5.32 Å². The number of hydrogen-bond acceptors (Lipinski definition) is 10. The Balaban J connectivity index is 1.76. The van der Waals surface area contributed by atoms with Crippen molar-refractivity contribution < 1.29 is 9.18 Å². The number of thiol groups is 6. The lowest BCUT2D eigenvalue weighted by molar-refractivity contribution is -0.120. The molecular formula is C20H21ClFN5OS6. The van der Waals surface area contributed by atoms with E-state index >= 15 is 0 Å². The first-order chi connectivity index (χ1) is 15.8. The van der Waals surface area contributed by atoms with Crippen molar-refractivity contribution in [1.82, 2.24) is 25.1 Å². The third-order valence-corrected chi connectivity index (χ3v) is 6.29. The summed E-state index contributed by atoms with van der Waals surface area (Å²) in [6, 6.07) is 7.76. The van der Waals surface area contributed by atoms with Gasteiger partial charge in [0.05, 0.1) is 22.8 Å². The second-order valence-corrected chi connectivity index (χ2v) is 13.8. The number of hydrogen-bond donors (Lipinski definition) is 7. The number of aromatic nitrogens is 4. The molecule has 3 aromatic rings. The molecule has 2 aromatic heterocycles. The van der Waals surface area contributed by atoms with Crippen LogP contribution in [0, 0.1) is 5.82 Å². The van der Waals surface area contributed by atoms with Gasteiger partial charge in [-0.3, -0.25) is 9.78 Å². The summed E-state index contributed by atoms with van der Waals surface area (Å²) in [5, 5.41) is 7.23. The van der Waals surface area contributed by atoms with Crippen LogP contribution in [0.5, 0.6) is 0 Å². The van der Waals surface area contributed by atoms with Gasteiger partial charge in [0.1, 0.15) is 18.5 Å². The summed E-state index contributed by atoms with van der Waals surface area (Å²) >= 11 is 31.7. The fourth-order valence-electron chi connectivity index (χ4n) is 2.96. The standard InChI is InChI=1S/C20H21ClFN5OS6/c1-2-27-16(25-18(26-27)11-3-4-12(21)13(22)7-11)8-17(28)23-9-10-5-14(19(29,30)31)24-15(6-10)20(32,33)34/h3-7,29-34H,2,8-9H2,1H3,(H,23,28). The van der Waals surface area contributed by atoms with Gasteiger partial charge in [0.15, 0.2) is 5.82 Å². The van der Waals surface area contributed by atoms with E-state index in [1.54, 1.807) is 22.9 Å². The maximum absolute atomic E-state index is 13.8. The number of carbonyl (C=O) groups is 1. The summed E-state index contributed by atoms with van der Waals surface area (Å²) in [6.45, 7) is 2.55. The monoisotopic (exact) mass is 593 g/mol. The molecule has 0 saturated carbocycles. The predicted molar refractivity (Wildman–Crippen MR) is 153 cm³/mol. The molecule has 0 aliphatic carbocycles. The van der Waals surface area contributed by atoms with Gasteiger partial charge in [-0.1, -0.05) is 11.6 Å². The largest absolute Gasteiger partial charge is 0.352 e. The quantitative estimate of drug-likeness (QED) is 0.151. The maximum atomic E-state index is 13.8. The van der Waals surface area contributed by atoms with E-state index < -0.39 is 12.6 Å². The highest BCUT2D eigenvalue weighted by atomic mass is 35.5. The summed E-state index contributed by atoms with van der Waals surface area (Å²) < 4.78 is 13.2. The summed E-state index contributed by atoms with van der Waals surface area (Å²) in [5.74, 6) is -0.0908. The normalized spacial score (nSPS) is 12.1. The van der Waals surface area contributed by atoms with Crippen LogP contribution in [0.3, 0.4) is 0 Å². The van der Waals surface area contributed by atoms with E-state index in [-0.39, 0.29) is 23.9 Å². The Labute approximate surface area is 234 Å². The molecule has 14 heteroatoms. The fourth-order valence-corrected chi connectivity index (χ4v) is 3.76. The van der Waals surface area contributed by atoms with Crippen LogP contribution in [0.1, 0.15) is 29.7 Å². The molecule has 1 aromatic carbocycles. The zero-order chi connectivity index (χ0) is 25.3. The Morgan fingerprint density at radius 3 is 2.21 bits per heavy atom. The summed E-state index contributed by atoms with van der Waals surface area (Å²) in [6.07, 6.45) is -0.0208. The average Bonchev–Trinajstić information content (AvgIpc) is 3.15. The predicted octanol–water partition coefficient (Wildman–Crippen LogP) is 4.81. The summed E-state index contributed by atoms with van der Waals surface area (Å²) in [7, 11) is 0. The van der Waals surface area contributed by atoms with Crippen molar-refractivity contribution in [2.75, 3.05) is 0 Å². The van der Waals surface area contributed by atoms with Crippen LogP contribution in [0.25, 0.3) is 11.4 Å². The van der Waals surface area contributed by atoms with Gasteiger partial charge in [-0.25, -0.2) is 14.1 Å². The molecule has 0 bridgehead atoms.